The van der Waals surface area contributed by atoms with Gasteiger partial charge in [0.1, 0.15) is 5.75 Å². The van der Waals surface area contributed by atoms with Gasteiger partial charge in [-0.2, -0.15) is 0 Å². The van der Waals surface area contributed by atoms with Crippen LogP contribution in [0, 0.1) is 10.1 Å². The minimum atomic E-state index is -0.569. The second-order valence-corrected chi connectivity index (χ2v) is 5.73. The molecule has 0 aliphatic rings. The number of hydrogen-bond acceptors (Lipinski definition) is 7. The van der Waals surface area contributed by atoms with Gasteiger partial charge in [-0.25, -0.2) is 4.98 Å². The molecule has 126 valence electrons. The number of anilines is 1. The normalized spacial score (nSPS) is 10.3. The maximum Gasteiger partial charge on any atom is 0.270 e. The van der Waals surface area contributed by atoms with Gasteiger partial charge in [0.05, 0.1) is 23.3 Å². The van der Waals surface area contributed by atoms with Crippen LogP contribution in [0.15, 0.2) is 48.1 Å². The number of aromatic nitrogens is 2. The average Bonchev–Trinajstić information content (AvgIpc) is 3.10. The van der Waals surface area contributed by atoms with E-state index in [1.807, 2.05) is 6.07 Å². The number of nitro groups is 1. The first kappa shape index (κ1) is 16.5. The predicted molar refractivity (Wildman–Crippen MR) is 92.9 cm³/mol. The number of methoxy groups -OCH3 is 1. The van der Waals surface area contributed by atoms with Crippen molar-refractivity contribution in [2.24, 2.45) is 0 Å². The monoisotopic (exact) mass is 356 g/mol. The van der Waals surface area contributed by atoms with Crippen LogP contribution in [0.2, 0.25) is 0 Å². The summed E-state index contributed by atoms with van der Waals surface area (Å²) in [5, 5.41) is 15.7. The summed E-state index contributed by atoms with van der Waals surface area (Å²) in [6, 6.07) is 7.48. The lowest BCUT2D eigenvalue weighted by Gasteiger charge is -2.07. The van der Waals surface area contributed by atoms with Crippen molar-refractivity contribution < 1.29 is 14.5 Å². The second-order valence-electron chi connectivity index (χ2n) is 4.88. The fourth-order valence-electron chi connectivity index (χ4n) is 2.13. The van der Waals surface area contributed by atoms with Crippen LogP contribution in [0.4, 0.5) is 10.8 Å². The summed E-state index contributed by atoms with van der Waals surface area (Å²) < 4.78 is 5.10. The zero-order valence-electron chi connectivity index (χ0n) is 13.0. The first-order valence-electron chi connectivity index (χ1n) is 7.08. The number of nitrogens with zero attached hydrogens (tertiary/aromatic N) is 3. The van der Waals surface area contributed by atoms with Crippen molar-refractivity contribution in [1.82, 2.24) is 9.97 Å². The molecule has 0 atom stereocenters. The molecule has 3 rings (SSSR count). The van der Waals surface area contributed by atoms with Gasteiger partial charge in [-0.3, -0.25) is 25.2 Å². The molecule has 0 aliphatic heterocycles. The van der Waals surface area contributed by atoms with E-state index in [0.29, 0.717) is 10.8 Å². The van der Waals surface area contributed by atoms with E-state index in [-0.39, 0.29) is 17.0 Å². The molecule has 25 heavy (non-hydrogen) atoms. The number of carbonyl (C=O) groups excluding carboxylic acids is 1. The molecular weight excluding hydrogens is 344 g/mol. The first-order valence-corrected chi connectivity index (χ1v) is 7.96. The van der Waals surface area contributed by atoms with Crippen molar-refractivity contribution in [1.29, 1.82) is 0 Å². The summed E-state index contributed by atoms with van der Waals surface area (Å²) >= 11 is 1.25. The minimum absolute atomic E-state index is 0.0647. The topological polar surface area (TPSA) is 107 Å². The van der Waals surface area contributed by atoms with Crippen molar-refractivity contribution in [2.45, 2.75) is 0 Å². The van der Waals surface area contributed by atoms with Gasteiger partial charge in [0, 0.05) is 35.5 Å². The highest BCUT2D eigenvalue weighted by Gasteiger charge is 2.18. The molecule has 2 heterocycles. The lowest BCUT2D eigenvalue weighted by molar-refractivity contribution is -0.384. The number of hydrogen-bond donors (Lipinski definition) is 1. The molecular formula is C16H12N4O4S. The van der Waals surface area contributed by atoms with Crippen molar-refractivity contribution >= 4 is 28.1 Å². The lowest BCUT2D eigenvalue weighted by Crippen LogP contribution is -2.13. The Morgan fingerprint density at radius 2 is 2.20 bits per heavy atom. The molecule has 0 radical (unpaired) electrons. The fourth-order valence-corrected chi connectivity index (χ4v) is 2.84. The lowest BCUT2D eigenvalue weighted by atomic mass is 10.1. The van der Waals surface area contributed by atoms with E-state index in [0.717, 1.165) is 5.56 Å². The molecule has 0 unspecified atom stereocenters. The predicted octanol–water partition coefficient (Wildman–Crippen LogP) is 3.37. The SMILES string of the molecule is COc1ccc([N+](=O)[O-])cc1C(=O)Nc1nc(-c2cccnc2)cs1. The standard InChI is InChI=1S/C16H12N4O4S/c1-24-14-5-4-11(20(22)23)7-12(14)15(21)19-16-18-13(9-25-16)10-3-2-6-17-8-10/h2-9H,1H3,(H,18,19,21). The van der Waals surface area contributed by atoms with Crippen LogP contribution >= 0.6 is 11.3 Å². The Morgan fingerprint density at radius 1 is 1.36 bits per heavy atom. The molecule has 0 aliphatic carbocycles. The number of carbonyl (C=O) groups is 1. The first-order chi connectivity index (χ1) is 12.1. The van der Waals surface area contributed by atoms with Crippen LogP contribution in [-0.4, -0.2) is 27.9 Å². The molecule has 1 amide bonds. The highest BCUT2D eigenvalue weighted by atomic mass is 32.1. The van der Waals surface area contributed by atoms with Gasteiger partial charge in [0.2, 0.25) is 0 Å². The van der Waals surface area contributed by atoms with Gasteiger partial charge in [-0.1, -0.05) is 0 Å². The van der Waals surface area contributed by atoms with Gasteiger partial charge in [0.25, 0.3) is 11.6 Å². The Bertz CT molecular complexity index is 927. The van der Waals surface area contributed by atoms with Crippen LogP contribution in [-0.2, 0) is 0 Å². The quantitative estimate of drug-likeness (QED) is 0.555. The van der Waals surface area contributed by atoms with Gasteiger partial charge >= 0.3 is 0 Å². The van der Waals surface area contributed by atoms with Gasteiger partial charge in [0.15, 0.2) is 5.13 Å². The van der Waals surface area contributed by atoms with Crippen LogP contribution in [0.5, 0.6) is 5.75 Å². The summed E-state index contributed by atoms with van der Waals surface area (Å²) in [5.74, 6) is -0.292. The van der Waals surface area contributed by atoms with E-state index in [2.05, 4.69) is 15.3 Å². The van der Waals surface area contributed by atoms with E-state index in [9.17, 15) is 14.9 Å². The molecule has 0 saturated carbocycles. The number of non-ortho nitro benzene ring substituents is 1. The van der Waals surface area contributed by atoms with Crippen molar-refractivity contribution in [3.05, 3.63) is 63.8 Å². The number of thiazole rings is 1. The van der Waals surface area contributed by atoms with Crippen molar-refractivity contribution in [3.63, 3.8) is 0 Å². The summed E-state index contributed by atoms with van der Waals surface area (Å²) in [6.45, 7) is 0. The van der Waals surface area contributed by atoms with E-state index in [1.54, 1.807) is 23.8 Å². The Hall–Kier alpha value is -3.33. The van der Waals surface area contributed by atoms with Crippen LogP contribution < -0.4 is 10.1 Å². The highest BCUT2D eigenvalue weighted by Crippen LogP contribution is 2.27. The molecule has 1 N–H and O–H groups in total. The Morgan fingerprint density at radius 3 is 2.88 bits per heavy atom. The maximum atomic E-state index is 12.5. The molecule has 1 aromatic carbocycles. The molecule has 0 fully saturated rings. The zero-order valence-corrected chi connectivity index (χ0v) is 13.8. The maximum absolute atomic E-state index is 12.5. The molecule has 0 spiro atoms. The molecule has 3 aromatic rings. The largest absolute Gasteiger partial charge is 0.496 e. The zero-order chi connectivity index (χ0) is 17.8. The third-order valence-corrected chi connectivity index (χ3v) is 4.08. The van der Waals surface area contributed by atoms with E-state index in [1.165, 1.54) is 36.6 Å². The Labute approximate surface area is 146 Å². The van der Waals surface area contributed by atoms with Crippen molar-refractivity contribution in [2.75, 3.05) is 12.4 Å². The second kappa shape index (κ2) is 7.05. The van der Waals surface area contributed by atoms with E-state index in [4.69, 9.17) is 4.74 Å². The number of rotatable bonds is 5. The number of ether oxygens (including phenoxy) is 1. The molecule has 2 aromatic heterocycles. The Balaban J connectivity index is 1.84. The minimum Gasteiger partial charge on any atom is -0.496 e. The average molecular weight is 356 g/mol. The molecule has 0 saturated heterocycles. The van der Waals surface area contributed by atoms with Gasteiger partial charge in [-0.15, -0.1) is 11.3 Å². The van der Waals surface area contributed by atoms with Gasteiger partial charge in [-0.05, 0) is 18.2 Å². The van der Waals surface area contributed by atoms with Crippen LogP contribution in [0.3, 0.4) is 0 Å². The third-order valence-electron chi connectivity index (χ3n) is 3.32. The van der Waals surface area contributed by atoms with E-state index < -0.39 is 10.8 Å². The summed E-state index contributed by atoms with van der Waals surface area (Å²) in [7, 11) is 1.39. The highest BCUT2D eigenvalue weighted by molar-refractivity contribution is 7.14. The molecule has 0 bridgehead atoms. The number of pyridine rings is 1. The third kappa shape index (κ3) is 3.61. The number of nitro benzene ring substituents is 1. The molecule has 8 nitrogen and oxygen atoms in total. The Kier molecular flexibility index (Phi) is 4.66. The van der Waals surface area contributed by atoms with Crippen LogP contribution in [0.25, 0.3) is 11.3 Å². The number of benzene rings is 1. The fraction of sp³-hybridized carbons (Fsp3) is 0.0625. The van der Waals surface area contributed by atoms with E-state index >= 15 is 0 Å². The number of nitrogens with one attached hydrogen (secondary N) is 1. The smallest absolute Gasteiger partial charge is 0.270 e. The summed E-state index contributed by atoms with van der Waals surface area (Å²) in [6.07, 6.45) is 3.33. The van der Waals surface area contributed by atoms with Gasteiger partial charge < -0.3 is 4.74 Å². The van der Waals surface area contributed by atoms with Crippen LogP contribution in [0.1, 0.15) is 10.4 Å². The summed E-state index contributed by atoms with van der Waals surface area (Å²) in [4.78, 5) is 31.2. The molecule has 9 heteroatoms. The number of amides is 1. The summed E-state index contributed by atoms with van der Waals surface area (Å²) in [5.41, 5.74) is 1.38. The van der Waals surface area contributed by atoms with Crippen molar-refractivity contribution in [3.8, 4) is 17.0 Å².